The van der Waals surface area contributed by atoms with E-state index in [1.807, 2.05) is 0 Å². The normalized spacial score (nSPS) is 11.2. The Labute approximate surface area is 78.2 Å². The van der Waals surface area contributed by atoms with E-state index in [0.29, 0.717) is 0 Å². The Bertz CT molecular complexity index is 454. The van der Waals surface area contributed by atoms with Gasteiger partial charge >= 0.3 is 77.7 Å². The van der Waals surface area contributed by atoms with Crippen LogP contribution < -0.4 is 16.9 Å². The molecule has 0 aliphatic rings. The number of aromatic nitrogens is 2. The molecule has 0 unspecified atom stereocenters. The predicted octanol–water partition coefficient (Wildman–Crippen LogP) is -3.71. The second kappa shape index (κ2) is 3.14. The van der Waals surface area contributed by atoms with Gasteiger partial charge in [0.05, 0.1) is 0 Å². The molecule has 0 aliphatic heterocycles. The van der Waals surface area contributed by atoms with Crippen LogP contribution in [-0.4, -0.2) is 46.5 Å². The van der Waals surface area contributed by atoms with Crippen molar-refractivity contribution < 1.29 is 12.3 Å². The second-order valence-corrected chi connectivity index (χ2v) is 3.34. The van der Waals surface area contributed by atoms with Gasteiger partial charge in [0, 0.05) is 0 Å². The molecular weight excluding hydrogens is 192 g/mol. The molecule has 1 aromatic heterocycles. The summed E-state index contributed by atoms with van der Waals surface area (Å²) in [5.41, 5.74) is -0.899. The van der Waals surface area contributed by atoms with Gasteiger partial charge < -0.3 is 0 Å². The van der Waals surface area contributed by atoms with Crippen LogP contribution in [0.3, 0.4) is 0 Å². The van der Waals surface area contributed by atoms with Crippen molar-refractivity contribution in [1.82, 2.24) is 8.96 Å². The molecule has 0 saturated carbocycles. The Morgan fingerprint density at radius 1 is 1.54 bits per heavy atom. The van der Waals surface area contributed by atoms with Crippen molar-refractivity contribution in [3.63, 3.8) is 0 Å². The fourth-order valence-electron chi connectivity index (χ4n) is 0.833. The molecule has 4 radical (unpaired) electrons. The van der Waals surface area contributed by atoms with E-state index in [9.17, 15) is 12.3 Å². The van der Waals surface area contributed by atoms with E-state index in [4.69, 9.17) is 15.7 Å². The van der Waals surface area contributed by atoms with Gasteiger partial charge in [-0.2, -0.15) is 0 Å². The molecule has 4 nitrogen and oxygen atoms in total. The van der Waals surface area contributed by atoms with E-state index >= 15 is 0 Å². The van der Waals surface area contributed by atoms with Crippen LogP contribution in [-0.2, 0) is 10.4 Å². The van der Waals surface area contributed by atoms with Crippen LogP contribution >= 0.6 is 0 Å². The summed E-state index contributed by atoms with van der Waals surface area (Å²) in [7, 11) is 5.34. The first-order valence-electron chi connectivity index (χ1n) is 3.09. The van der Waals surface area contributed by atoms with Gasteiger partial charge in [-0.25, -0.2) is 0 Å². The topological polar surface area (TPSA) is 52.0 Å². The average molecular weight is 194 g/mol. The van der Waals surface area contributed by atoms with E-state index in [2.05, 4.69) is 11.5 Å². The molecule has 62 valence electrons. The van der Waals surface area contributed by atoms with Gasteiger partial charge in [0.1, 0.15) is 0 Å². The molecule has 0 spiro atoms. The molecule has 0 N–H and O–H groups in total. The van der Waals surface area contributed by atoms with E-state index in [1.54, 1.807) is 0 Å². The summed E-state index contributed by atoms with van der Waals surface area (Å²) < 4.78 is 33.5. The van der Waals surface area contributed by atoms with Crippen LogP contribution in [0.5, 0.6) is 0 Å². The number of imidazole rings is 1. The van der Waals surface area contributed by atoms with Crippen molar-refractivity contribution in [2.45, 2.75) is 0 Å². The first-order valence-corrected chi connectivity index (χ1v) is 4.43. The minimum absolute atomic E-state index is 0.0266. The van der Waals surface area contributed by atoms with Gasteiger partial charge in [0.25, 0.3) is 0 Å². The van der Waals surface area contributed by atoms with E-state index in [-0.39, 0.29) is 9.57 Å². The van der Waals surface area contributed by atoms with Gasteiger partial charge in [0.15, 0.2) is 0 Å². The van der Waals surface area contributed by atoms with Crippen molar-refractivity contribution in [3.8, 4) is 0 Å². The third-order valence-electron chi connectivity index (χ3n) is 1.34. The number of hydrogen-bond donors (Lipinski definition) is 0. The Kier molecular flexibility index (Phi) is 2.47. The van der Waals surface area contributed by atoms with Gasteiger partial charge in [-0.15, -0.1) is 0 Å². The second-order valence-electron chi connectivity index (χ2n) is 2.15. The van der Waals surface area contributed by atoms with Gasteiger partial charge in [-0.1, -0.05) is 0 Å². The van der Waals surface area contributed by atoms with E-state index in [0.717, 1.165) is 0 Å². The molecule has 13 heavy (non-hydrogen) atoms. The molecular formula is C4H2B3FN2O2S. The first-order chi connectivity index (χ1) is 5.88. The van der Waals surface area contributed by atoms with E-state index < -0.39 is 21.7 Å². The Balaban J connectivity index is 3.56. The molecule has 0 aromatic carbocycles. The Morgan fingerprint density at radius 3 is 2.31 bits per heavy atom. The van der Waals surface area contributed by atoms with Crippen LogP contribution in [0.2, 0.25) is 0 Å². The van der Waals surface area contributed by atoms with Crippen LogP contribution in [0.1, 0.15) is 0 Å². The van der Waals surface area contributed by atoms with Gasteiger partial charge in [0.2, 0.25) is 0 Å². The third-order valence-corrected chi connectivity index (χ3v) is 2.16. The minimum atomic E-state index is -5.00. The molecule has 1 aromatic rings. The Morgan fingerprint density at radius 2 is 2.08 bits per heavy atom. The molecule has 0 fully saturated rings. The summed E-state index contributed by atoms with van der Waals surface area (Å²) in [5, 5.41) is 0. The van der Waals surface area contributed by atoms with Crippen molar-refractivity contribution >= 4 is 56.4 Å². The maximum absolute atomic E-state index is 12.5. The average Bonchev–Trinajstić information content (AvgIpc) is 2.24. The van der Waals surface area contributed by atoms with Crippen molar-refractivity contribution in [2.24, 2.45) is 0 Å². The number of nitrogens with zero attached hydrogens (tertiary/aromatic N) is 2. The maximum atomic E-state index is 12.5. The van der Waals surface area contributed by atoms with Crippen molar-refractivity contribution in [1.29, 1.82) is 0 Å². The summed E-state index contributed by atoms with van der Waals surface area (Å²) in [6, 6.07) is 0. The quantitative estimate of drug-likeness (QED) is 0.359. The number of rotatable bonds is 2. The van der Waals surface area contributed by atoms with Gasteiger partial charge in [-0.05, 0) is 0 Å². The SMILES string of the molecule is [B]c1nc(B=C)c([B])n1S(=O)(=O)F. The van der Waals surface area contributed by atoms with Crippen LogP contribution in [0.15, 0.2) is 0 Å². The van der Waals surface area contributed by atoms with Gasteiger partial charge in [-0.3, -0.25) is 0 Å². The monoisotopic (exact) mass is 194 g/mol. The van der Waals surface area contributed by atoms with Crippen LogP contribution in [0.25, 0.3) is 0 Å². The number of halogens is 1. The molecule has 0 atom stereocenters. The standard InChI is InChI=1S/C4H2B3FN2O2S/c1-7-3-2(5)10(4(6)9-3)13(8,11)12/h1H2. The fourth-order valence-corrected chi connectivity index (χ4v) is 1.43. The van der Waals surface area contributed by atoms with Crippen LogP contribution in [0, 0.1) is 0 Å². The zero-order valence-electron chi connectivity index (χ0n) is 6.44. The zero-order chi connectivity index (χ0) is 10.2. The van der Waals surface area contributed by atoms with Crippen molar-refractivity contribution in [2.75, 3.05) is 0 Å². The first kappa shape index (κ1) is 10.2. The molecule has 1 rings (SSSR count). The molecule has 9 heteroatoms. The number of hydrogen-bond acceptors (Lipinski definition) is 3. The molecule has 0 bridgehead atoms. The fraction of sp³-hybridized carbons (Fsp3) is 0. The summed E-state index contributed by atoms with van der Waals surface area (Å²) in [6.45, 7) is 4.47. The summed E-state index contributed by atoms with van der Waals surface area (Å²) >= 11 is 0. The molecule has 1 heterocycles. The molecule has 0 amide bonds. The van der Waals surface area contributed by atoms with E-state index in [1.165, 1.54) is 6.92 Å². The van der Waals surface area contributed by atoms with Crippen molar-refractivity contribution in [3.05, 3.63) is 0 Å². The third kappa shape index (κ3) is 1.74. The summed E-state index contributed by atoms with van der Waals surface area (Å²) in [4.78, 5) is 3.47. The molecule has 0 aliphatic carbocycles. The summed E-state index contributed by atoms with van der Waals surface area (Å²) in [5.74, 6) is 0. The van der Waals surface area contributed by atoms with Crippen LogP contribution in [0.4, 0.5) is 3.89 Å². The predicted molar refractivity (Wildman–Crippen MR) is 50.9 cm³/mol. The Hall–Kier alpha value is -0.845. The summed E-state index contributed by atoms with van der Waals surface area (Å²) in [6.07, 6.45) is 0. The zero-order valence-corrected chi connectivity index (χ0v) is 7.25. The molecule has 0 saturated heterocycles.